The van der Waals surface area contributed by atoms with Gasteiger partial charge in [-0.2, -0.15) is 0 Å². The van der Waals surface area contributed by atoms with Crippen molar-refractivity contribution in [1.29, 1.82) is 0 Å². The van der Waals surface area contributed by atoms with Crippen LogP contribution in [0.3, 0.4) is 0 Å². The number of carbonyl (C=O) groups is 14. The summed E-state index contributed by atoms with van der Waals surface area (Å²) in [4.78, 5) is 132. The second-order valence-corrected chi connectivity index (χ2v) is 23.2. The maximum atomic E-state index is 12.8. The first-order chi connectivity index (χ1) is 55.5. The van der Waals surface area contributed by atoms with Crippen LogP contribution in [0.15, 0.2) is 146 Å². The van der Waals surface area contributed by atoms with E-state index in [-0.39, 0.29) is 57.5 Å². The predicted molar refractivity (Wildman–Crippen MR) is 530 cm³/mol. The van der Waals surface area contributed by atoms with E-state index in [2.05, 4.69) is 249 Å². The monoisotopic (exact) mass is 1740 g/mol. The second kappa shape index (κ2) is 195. The van der Waals surface area contributed by atoms with E-state index in [0.717, 1.165) is 93.2 Å². The van der Waals surface area contributed by atoms with Crippen LogP contribution in [-0.4, -0.2) is 175 Å². The van der Waals surface area contributed by atoms with Gasteiger partial charge in [0, 0.05) is 48.7 Å². The number of nitrogens with two attached hydrogens (primary N) is 5. The zero-order valence-electron chi connectivity index (χ0n) is 82.0. The zero-order chi connectivity index (χ0) is 95.8. The third-order valence-corrected chi connectivity index (χ3v) is 13.9. The summed E-state index contributed by atoms with van der Waals surface area (Å²) in [6, 6.07) is 43.7. The molecule has 29 heteroatoms. The quantitative estimate of drug-likeness (QED) is 0.0463. The molecule has 5 aromatic rings. The van der Waals surface area contributed by atoms with E-state index in [0.29, 0.717) is 6.42 Å². The fourth-order valence-corrected chi connectivity index (χ4v) is 5.97. The Bertz CT molecular complexity index is 2170. The molecule has 0 spiro atoms. The molecule has 0 unspecified atom stereocenters. The Morgan fingerprint density at radius 1 is 0.355 bits per heavy atom. The Morgan fingerprint density at radius 3 is 0.711 bits per heavy atom. The van der Waals surface area contributed by atoms with Gasteiger partial charge in [-0.15, -0.1) is 0 Å². The van der Waals surface area contributed by atoms with Gasteiger partial charge in [-0.3, -0.25) is 19.4 Å². The molecule has 0 saturated carbocycles. The first kappa shape index (κ1) is 186. The van der Waals surface area contributed by atoms with E-state index in [4.69, 9.17) is 52.7 Å². The van der Waals surface area contributed by atoms with Gasteiger partial charge in [0.05, 0.1) is 0 Å². The molecule has 1 fully saturated rings. The van der Waals surface area contributed by atoms with Crippen molar-refractivity contribution in [2.45, 2.75) is 241 Å². The van der Waals surface area contributed by atoms with Gasteiger partial charge in [-0.05, 0) is 151 Å². The number of nitrogens with one attached hydrogen (secondary N) is 1. The van der Waals surface area contributed by atoms with Gasteiger partial charge in [0.25, 0.3) is 0 Å². The average Bonchev–Trinajstić information content (AvgIpc) is 0.848. The van der Waals surface area contributed by atoms with Crippen molar-refractivity contribution in [2.24, 2.45) is 58.3 Å². The molecule has 6 rings (SSSR count). The van der Waals surface area contributed by atoms with Crippen LogP contribution in [0.4, 0.5) is 0 Å². The van der Waals surface area contributed by atoms with Gasteiger partial charge in [0.2, 0.25) is 17.7 Å². The lowest BCUT2D eigenvalue weighted by Crippen LogP contribution is -2.54. The number of likely N-dealkylation sites (N-methyl/N-ethyl adjacent to an activating group) is 1. The van der Waals surface area contributed by atoms with Crippen molar-refractivity contribution in [3.05, 3.63) is 174 Å². The molecule has 1 aromatic heterocycles. The summed E-state index contributed by atoms with van der Waals surface area (Å²) >= 11 is 0. The smallest absolute Gasteiger partial charge is 0.244 e. The fraction of sp³-hybridized carbons (Fsp3) is 0.533. The minimum atomic E-state index is -0.647. The summed E-state index contributed by atoms with van der Waals surface area (Å²) in [5, 5.41) is 2.81. The van der Waals surface area contributed by atoms with Crippen LogP contribution in [0.2, 0.25) is 0 Å². The number of pyridine rings is 1. The molecule has 2 atom stereocenters. The van der Waals surface area contributed by atoms with Gasteiger partial charge < -0.3 is 133 Å². The van der Waals surface area contributed by atoms with E-state index in [1.807, 2.05) is 140 Å². The van der Waals surface area contributed by atoms with Gasteiger partial charge >= 0.3 is 0 Å². The third-order valence-electron chi connectivity index (χ3n) is 13.9. The summed E-state index contributed by atoms with van der Waals surface area (Å²) in [5.41, 5.74) is 29.0. The highest BCUT2D eigenvalue weighted by atomic mass is 16.2. The molecule has 0 bridgehead atoms. The Morgan fingerprint density at radius 2 is 0.554 bits per heavy atom. The van der Waals surface area contributed by atoms with Crippen molar-refractivity contribution >= 4 is 92.4 Å². The first-order valence-electron chi connectivity index (χ1n) is 38.4. The number of amides is 3. The molecule has 1 saturated heterocycles. The number of aromatic nitrogens is 1. The summed E-state index contributed by atoms with van der Waals surface area (Å²) < 4.78 is 0. The van der Waals surface area contributed by atoms with Crippen LogP contribution >= 0.6 is 0 Å². The summed E-state index contributed by atoms with van der Waals surface area (Å²) in [7, 11) is 9.12. The molecule has 0 radical (unpaired) electrons. The average molecular weight is 1740 g/mol. The Hall–Kier alpha value is -9.63. The minimum absolute atomic E-state index is 0. The Balaban J connectivity index is -0.0000000314. The third kappa shape index (κ3) is 182. The van der Waals surface area contributed by atoms with E-state index in [1.54, 1.807) is 20.2 Å². The summed E-state index contributed by atoms with van der Waals surface area (Å²) in [6.45, 7) is 68.5. The fourth-order valence-electron chi connectivity index (χ4n) is 5.97. The number of benzene rings is 4. The van der Waals surface area contributed by atoms with E-state index >= 15 is 0 Å². The molecule has 0 aliphatic carbocycles. The van der Waals surface area contributed by atoms with Crippen LogP contribution in [0, 0.1) is 29.6 Å². The lowest BCUT2D eigenvalue weighted by Gasteiger charge is -2.31. The largest absolute Gasteiger partial charge is 0.344 e. The highest BCUT2D eigenvalue weighted by Crippen LogP contribution is 2.13. The molecule has 1 aliphatic rings. The lowest BCUT2D eigenvalue weighted by atomic mass is 10.0. The van der Waals surface area contributed by atoms with Crippen molar-refractivity contribution in [3.8, 4) is 0 Å². The van der Waals surface area contributed by atoms with Gasteiger partial charge in [0.1, 0.15) is 86.8 Å². The number of hydrogen-bond donors (Lipinski definition) is 12. The molecule has 1 aliphatic heterocycles. The van der Waals surface area contributed by atoms with Gasteiger partial charge in [0.15, 0.2) is 0 Å². The molecule has 2 heterocycles. The predicted octanol–water partition coefficient (Wildman–Crippen LogP) is 17.6. The molecular formula is C92H197N15O14. The maximum absolute atomic E-state index is 12.8. The molecule has 3 amide bonds. The van der Waals surface area contributed by atoms with Crippen LogP contribution < -0.4 is 70.9 Å². The van der Waals surface area contributed by atoms with Crippen LogP contribution in [-0.2, 0) is 99.2 Å². The van der Waals surface area contributed by atoms with Crippen LogP contribution in [0.1, 0.15) is 227 Å². The lowest BCUT2D eigenvalue weighted by molar-refractivity contribution is -0.140. The molecular weight excluding hydrogens is 1540 g/mol. The topological polar surface area (TPSA) is 610 Å². The normalized spacial score (nSPS) is 8.55. The highest BCUT2D eigenvalue weighted by molar-refractivity contribution is 5.91. The Labute approximate surface area is 744 Å². The van der Waals surface area contributed by atoms with Crippen molar-refractivity contribution in [1.82, 2.24) is 57.0 Å². The second-order valence-electron chi connectivity index (χ2n) is 23.2. The van der Waals surface area contributed by atoms with Crippen LogP contribution in [0.25, 0.3) is 0 Å². The highest BCUT2D eigenvalue weighted by Gasteiger charge is 2.30. The number of nitrogens with zero attached hydrogens (tertiary/aromatic N) is 3. The SMILES string of the molecule is C=O.C=O.C=O.C=O.C=O.C=O.C=O.C=O.C=O.C=O.C=O.CC(=O)N(C)[C@@H](Cc1ccccc1)C(=O)N[C@@H](C)C(=O)N1CCCCC1.CCC(C)C.CCC(C)C.CCC(C)C.CCC(C)C.CCC(C)C.CCc1ccccc1.CCc1ccccc1.CCc1ccccc1.CCc1cccnc1.CN.CN.CN.CN.CN.N.N.N.N.N.N.[HH].[HH]. The molecule has 4 aromatic carbocycles. The molecule has 724 valence electrons. The number of rotatable bonds is 15. The summed E-state index contributed by atoms with van der Waals surface area (Å²) in [6.07, 6.45) is 18.3. The number of carbonyl (C=O) groups excluding carboxylic acids is 14. The molecule has 121 heavy (non-hydrogen) atoms. The molecule has 29 nitrogen and oxygen atoms in total. The van der Waals surface area contributed by atoms with Crippen molar-refractivity contribution in [2.75, 3.05) is 55.4 Å². The van der Waals surface area contributed by atoms with Crippen molar-refractivity contribution in [3.63, 3.8) is 0 Å². The first-order valence-corrected chi connectivity index (χ1v) is 38.4. The maximum Gasteiger partial charge on any atom is 0.244 e. The zero-order valence-corrected chi connectivity index (χ0v) is 82.0. The Kier molecular flexibility index (Phi) is 299. The number of hydrogen-bond acceptors (Lipinski definition) is 26. The number of piperidine rings is 1. The number of aryl methyl sites for hydroxylation is 4. The molecule has 29 N–H and O–H groups in total. The van der Waals surface area contributed by atoms with Gasteiger partial charge in [-0.1, -0.05) is 291 Å². The summed E-state index contributed by atoms with van der Waals surface area (Å²) in [5.74, 6) is 3.88. The standard InChI is InChI=1S/C20H29N3O3.3C8H10.C7H9N.5C5H12.5CH5N.11CH2O.6H3N.2H2/c1-15(20(26)23-12-8-5-9-13-23)21-19(25)18(22(3)16(2)24)14-17-10-6-4-7-11-17;3*1-2-8-6-4-3-5-7-8;1-2-7-4-3-5-8-6-7;5*1-4-5(2)3;16*1-2;;;;;;;;/h4,6-7,10-11,15,18H,5,8-9,12-14H2,1-3H3,(H,21,25);3*3-7H,2H2,1H3;3-6H,2H2,1H3;5*5H,4H2,1-3H3;5*2H2,1H3;11*1H2;6*1H3;2*1H/t15-,18-;;;;;;;;;;;;;;;;;;;;;;;;;;;;;;;;;/m0................................./s1. The van der Waals surface area contributed by atoms with Gasteiger partial charge in [-0.25, -0.2) is 0 Å². The van der Waals surface area contributed by atoms with Crippen molar-refractivity contribution < 1.29 is 70.0 Å². The van der Waals surface area contributed by atoms with E-state index < -0.39 is 12.1 Å². The number of likely N-dealkylation sites (tertiary alicyclic amines) is 1. The van der Waals surface area contributed by atoms with E-state index in [9.17, 15) is 14.4 Å². The van der Waals surface area contributed by atoms with Crippen LogP contribution in [0.5, 0.6) is 0 Å². The van der Waals surface area contributed by atoms with E-state index in [1.165, 1.54) is 101 Å². The minimum Gasteiger partial charge on any atom is -0.344 e.